The van der Waals surface area contributed by atoms with Crippen molar-refractivity contribution in [3.63, 3.8) is 0 Å². The number of Topliss-reactive ketones (excluding diaryl/α,β-unsaturated/α-hetero) is 1. The Morgan fingerprint density at radius 1 is 1.28 bits per heavy atom. The van der Waals surface area contributed by atoms with Crippen LogP contribution in [-0.2, 0) is 16.1 Å². The summed E-state index contributed by atoms with van der Waals surface area (Å²) in [7, 11) is 0. The van der Waals surface area contributed by atoms with Crippen molar-refractivity contribution in [3.05, 3.63) is 35.9 Å². The van der Waals surface area contributed by atoms with Crippen LogP contribution in [0.4, 0.5) is 0 Å². The van der Waals surface area contributed by atoms with Gasteiger partial charge in [0.1, 0.15) is 5.78 Å². The van der Waals surface area contributed by atoms with Crippen LogP contribution in [0.5, 0.6) is 0 Å². The Bertz CT molecular complexity index is 426. The van der Waals surface area contributed by atoms with Crippen LogP contribution in [0.3, 0.4) is 0 Å². The second-order valence-corrected chi connectivity index (χ2v) is 5.84. The summed E-state index contributed by atoms with van der Waals surface area (Å²) in [6.45, 7) is 0.640. The fourth-order valence-electron chi connectivity index (χ4n) is 3.52. The SMILES string of the molecule is O=C1CC2CCCC(OCc3ccccc3)(C1)C2. The Morgan fingerprint density at radius 3 is 2.94 bits per heavy atom. The van der Waals surface area contributed by atoms with Crippen LogP contribution in [0.15, 0.2) is 30.3 Å². The zero-order valence-corrected chi connectivity index (χ0v) is 10.7. The monoisotopic (exact) mass is 244 g/mol. The lowest BCUT2D eigenvalue weighted by Gasteiger charge is -2.44. The molecule has 0 spiro atoms. The van der Waals surface area contributed by atoms with E-state index in [-0.39, 0.29) is 5.60 Å². The van der Waals surface area contributed by atoms with E-state index in [1.54, 1.807) is 0 Å². The van der Waals surface area contributed by atoms with Crippen LogP contribution >= 0.6 is 0 Å². The van der Waals surface area contributed by atoms with Crippen LogP contribution in [0.1, 0.15) is 44.1 Å². The molecule has 2 unspecified atom stereocenters. The minimum absolute atomic E-state index is 0.145. The number of carbonyl (C=O) groups is 1. The van der Waals surface area contributed by atoms with Crippen molar-refractivity contribution in [2.45, 2.75) is 50.7 Å². The number of benzene rings is 1. The molecule has 2 aliphatic carbocycles. The minimum Gasteiger partial charge on any atom is -0.370 e. The normalized spacial score (nSPS) is 31.3. The molecule has 1 aromatic rings. The van der Waals surface area contributed by atoms with Gasteiger partial charge in [-0.3, -0.25) is 4.79 Å². The van der Waals surface area contributed by atoms with Crippen LogP contribution in [-0.4, -0.2) is 11.4 Å². The van der Waals surface area contributed by atoms with E-state index in [4.69, 9.17) is 4.74 Å². The number of ketones is 1. The maximum atomic E-state index is 11.8. The highest BCUT2D eigenvalue weighted by atomic mass is 16.5. The molecule has 3 rings (SSSR count). The quantitative estimate of drug-likeness (QED) is 0.813. The molecule has 0 saturated heterocycles. The third-order valence-corrected chi connectivity index (χ3v) is 4.33. The van der Waals surface area contributed by atoms with Crippen molar-refractivity contribution >= 4 is 5.78 Å². The molecule has 18 heavy (non-hydrogen) atoms. The molecule has 0 radical (unpaired) electrons. The van der Waals surface area contributed by atoms with Crippen LogP contribution in [0.25, 0.3) is 0 Å². The van der Waals surface area contributed by atoms with Gasteiger partial charge in [0.25, 0.3) is 0 Å². The van der Waals surface area contributed by atoms with Gasteiger partial charge in [-0.1, -0.05) is 36.8 Å². The fraction of sp³-hybridized carbons (Fsp3) is 0.562. The Balaban J connectivity index is 1.68. The highest BCUT2D eigenvalue weighted by molar-refractivity contribution is 5.80. The smallest absolute Gasteiger partial charge is 0.136 e. The number of ether oxygens (including phenoxy) is 1. The van der Waals surface area contributed by atoms with Gasteiger partial charge < -0.3 is 4.74 Å². The van der Waals surface area contributed by atoms with E-state index in [1.807, 2.05) is 18.2 Å². The van der Waals surface area contributed by atoms with Crippen LogP contribution < -0.4 is 0 Å². The van der Waals surface area contributed by atoms with E-state index in [0.717, 1.165) is 19.3 Å². The molecule has 2 heteroatoms. The van der Waals surface area contributed by atoms with E-state index >= 15 is 0 Å². The topological polar surface area (TPSA) is 26.3 Å². The van der Waals surface area contributed by atoms with Crippen molar-refractivity contribution in [2.24, 2.45) is 5.92 Å². The standard InChI is InChI=1S/C16H20O2/c17-15-9-14-7-4-8-16(10-14,11-15)18-12-13-5-2-1-3-6-13/h1-3,5-6,14H,4,7-12H2. The summed E-state index contributed by atoms with van der Waals surface area (Å²) in [6, 6.07) is 10.3. The first-order chi connectivity index (χ1) is 8.76. The predicted molar refractivity (Wildman–Crippen MR) is 70.2 cm³/mol. The van der Waals surface area contributed by atoms with Gasteiger partial charge in [-0.25, -0.2) is 0 Å². The Morgan fingerprint density at radius 2 is 2.11 bits per heavy atom. The first kappa shape index (κ1) is 11.9. The molecule has 0 amide bonds. The van der Waals surface area contributed by atoms with E-state index in [1.165, 1.54) is 18.4 Å². The fourth-order valence-corrected chi connectivity index (χ4v) is 3.52. The molecule has 0 aromatic heterocycles. The van der Waals surface area contributed by atoms with Crippen molar-refractivity contribution < 1.29 is 9.53 Å². The van der Waals surface area contributed by atoms with E-state index in [2.05, 4.69) is 12.1 Å². The van der Waals surface area contributed by atoms with Crippen molar-refractivity contribution in [1.82, 2.24) is 0 Å². The zero-order valence-electron chi connectivity index (χ0n) is 10.7. The average molecular weight is 244 g/mol. The molecule has 0 aliphatic heterocycles. The van der Waals surface area contributed by atoms with Gasteiger partial charge in [0.15, 0.2) is 0 Å². The molecule has 0 heterocycles. The number of hydrogen-bond donors (Lipinski definition) is 0. The van der Waals surface area contributed by atoms with Crippen LogP contribution in [0.2, 0.25) is 0 Å². The maximum absolute atomic E-state index is 11.8. The Hall–Kier alpha value is -1.15. The van der Waals surface area contributed by atoms with E-state index < -0.39 is 0 Å². The lowest BCUT2D eigenvalue weighted by molar-refractivity contribution is -0.146. The summed E-state index contributed by atoms with van der Waals surface area (Å²) >= 11 is 0. The van der Waals surface area contributed by atoms with Crippen molar-refractivity contribution in [1.29, 1.82) is 0 Å². The lowest BCUT2D eigenvalue weighted by atomic mass is 9.68. The van der Waals surface area contributed by atoms with Crippen molar-refractivity contribution in [2.75, 3.05) is 0 Å². The van der Waals surface area contributed by atoms with Crippen molar-refractivity contribution in [3.8, 4) is 0 Å². The number of fused-ring (bicyclic) bond motifs is 2. The molecule has 0 N–H and O–H groups in total. The van der Waals surface area contributed by atoms with Gasteiger partial charge >= 0.3 is 0 Å². The predicted octanol–water partition coefficient (Wildman–Crippen LogP) is 3.50. The van der Waals surface area contributed by atoms with Gasteiger partial charge in [0.05, 0.1) is 12.2 Å². The lowest BCUT2D eigenvalue weighted by Crippen LogP contribution is -2.44. The molecule has 2 aliphatic rings. The first-order valence-corrected chi connectivity index (χ1v) is 6.95. The third kappa shape index (κ3) is 2.49. The Kier molecular flexibility index (Phi) is 3.21. The summed E-state index contributed by atoms with van der Waals surface area (Å²) in [5.41, 5.74) is 1.06. The third-order valence-electron chi connectivity index (χ3n) is 4.33. The van der Waals surface area contributed by atoms with E-state index in [0.29, 0.717) is 24.7 Å². The summed E-state index contributed by atoms with van der Waals surface area (Å²) in [6.07, 6.45) is 6.00. The van der Waals surface area contributed by atoms with Gasteiger partial charge in [0.2, 0.25) is 0 Å². The van der Waals surface area contributed by atoms with Gasteiger partial charge in [-0.2, -0.15) is 0 Å². The maximum Gasteiger partial charge on any atom is 0.136 e. The van der Waals surface area contributed by atoms with Gasteiger partial charge in [-0.15, -0.1) is 0 Å². The molecule has 2 bridgehead atoms. The zero-order chi connectivity index (χ0) is 12.4. The summed E-state index contributed by atoms with van der Waals surface area (Å²) in [5.74, 6) is 0.981. The van der Waals surface area contributed by atoms with Gasteiger partial charge in [0, 0.05) is 12.8 Å². The Labute approximate surface area is 108 Å². The summed E-state index contributed by atoms with van der Waals surface area (Å²) in [4.78, 5) is 11.8. The molecule has 96 valence electrons. The molecular weight excluding hydrogens is 224 g/mol. The van der Waals surface area contributed by atoms with E-state index in [9.17, 15) is 4.79 Å². The number of carbonyl (C=O) groups excluding carboxylic acids is 1. The van der Waals surface area contributed by atoms with Gasteiger partial charge in [-0.05, 0) is 30.7 Å². The highest BCUT2D eigenvalue weighted by Gasteiger charge is 2.43. The molecule has 2 atom stereocenters. The molecule has 2 nitrogen and oxygen atoms in total. The largest absolute Gasteiger partial charge is 0.370 e. The molecule has 1 aromatic carbocycles. The molecular formula is C16H20O2. The van der Waals surface area contributed by atoms with Crippen LogP contribution in [0, 0.1) is 5.92 Å². The minimum atomic E-state index is -0.145. The number of rotatable bonds is 3. The summed E-state index contributed by atoms with van der Waals surface area (Å²) < 4.78 is 6.18. The highest BCUT2D eigenvalue weighted by Crippen LogP contribution is 2.44. The second kappa shape index (κ2) is 4.85. The summed E-state index contributed by atoms with van der Waals surface area (Å²) in [5, 5.41) is 0. The molecule has 2 saturated carbocycles. The second-order valence-electron chi connectivity index (χ2n) is 5.84. The molecule has 2 fully saturated rings. The first-order valence-electron chi connectivity index (χ1n) is 6.95. The average Bonchev–Trinajstić information content (AvgIpc) is 2.37. The number of hydrogen-bond acceptors (Lipinski definition) is 2.